The van der Waals surface area contributed by atoms with E-state index in [1.807, 2.05) is 0 Å². The van der Waals surface area contributed by atoms with Gasteiger partial charge in [0.1, 0.15) is 0 Å². The molecule has 0 radical (unpaired) electrons. The summed E-state index contributed by atoms with van der Waals surface area (Å²) in [5, 5.41) is 1.18. The van der Waals surface area contributed by atoms with Gasteiger partial charge in [-0.1, -0.05) is 28.8 Å². The smallest absolute Gasteiger partial charge is 0.307 e. The van der Waals surface area contributed by atoms with Crippen LogP contribution >= 0.6 is 28.8 Å². The average Bonchev–Trinajstić information content (AvgIpc) is 1.81. The van der Waals surface area contributed by atoms with Gasteiger partial charge < -0.3 is 12.9 Å². The van der Waals surface area contributed by atoms with Crippen molar-refractivity contribution in [2.24, 2.45) is 0 Å². The van der Waals surface area contributed by atoms with Crippen LogP contribution in [0.1, 0.15) is 19.3 Å². The molecule has 0 fully saturated rings. The molecule has 0 aromatic rings. The first-order valence-electron chi connectivity index (χ1n) is 3.03. The third kappa shape index (κ3) is 7.73. The summed E-state index contributed by atoms with van der Waals surface area (Å²) >= 11 is 7.11. The van der Waals surface area contributed by atoms with Crippen LogP contribution in [0, 0.1) is 0 Å². The second-order valence-corrected chi connectivity index (χ2v) is 6.05. The molecular formula is C5H10Br2Mg. The van der Waals surface area contributed by atoms with Crippen LogP contribution in [0.15, 0.2) is 0 Å². The van der Waals surface area contributed by atoms with Crippen LogP contribution in [0.4, 0.5) is 0 Å². The van der Waals surface area contributed by atoms with Crippen molar-refractivity contribution in [2.75, 3.05) is 5.33 Å². The van der Waals surface area contributed by atoms with E-state index in [1.54, 1.807) is 0 Å². The number of alkyl halides is 1. The molecule has 0 atom stereocenters. The van der Waals surface area contributed by atoms with Crippen molar-refractivity contribution in [3.05, 3.63) is 0 Å². The lowest BCUT2D eigenvalue weighted by Gasteiger charge is -1.91. The first-order chi connectivity index (χ1) is 3.91. The summed E-state index contributed by atoms with van der Waals surface area (Å²) in [6.07, 6.45) is 4.19. The van der Waals surface area contributed by atoms with Crippen molar-refractivity contribution in [1.82, 2.24) is 0 Å². The Morgan fingerprint density at radius 3 is 2.38 bits per heavy atom. The maximum absolute atomic E-state index is 3.53. The molecule has 0 aliphatic rings. The Morgan fingerprint density at radius 2 is 1.88 bits per heavy atom. The van der Waals surface area contributed by atoms with Gasteiger partial charge in [0.25, 0.3) is 0 Å². The molecular weight excluding hydrogens is 244 g/mol. The lowest BCUT2D eigenvalue weighted by atomic mass is 10.3. The van der Waals surface area contributed by atoms with Crippen LogP contribution in [-0.2, 0) is 0 Å². The molecule has 8 heavy (non-hydrogen) atoms. The van der Waals surface area contributed by atoms with E-state index in [9.17, 15) is 0 Å². The Labute approximate surface area is 75.5 Å². The summed E-state index contributed by atoms with van der Waals surface area (Å²) in [6.45, 7) is 0. The molecule has 0 aromatic heterocycles. The topological polar surface area (TPSA) is 0 Å². The second-order valence-electron chi connectivity index (χ2n) is 1.79. The fourth-order valence-corrected chi connectivity index (χ4v) is 2.67. The van der Waals surface area contributed by atoms with Crippen LogP contribution in [0.5, 0.6) is 0 Å². The third-order valence-corrected chi connectivity index (χ3v) is 4.03. The van der Waals surface area contributed by atoms with E-state index >= 15 is 0 Å². The van der Waals surface area contributed by atoms with Crippen molar-refractivity contribution in [3.63, 3.8) is 0 Å². The number of hydrogen-bond donors (Lipinski definition) is 0. The van der Waals surface area contributed by atoms with Gasteiger partial charge in [-0.2, -0.15) is 0 Å². The summed E-state index contributed by atoms with van der Waals surface area (Å²) in [6, 6.07) is 0. The molecule has 3 heteroatoms. The maximum Gasteiger partial charge on any atom is 0.468 e. The highest BCUT2D eigenvalue weighted by Gasteiger charge is 1.88. The van der Waals surface area contributed by atoms with E-state index in [1.165, 1.54) is 29.1 Å². The Bertz CT molecular complexity index is 35.4. The molecule has 46 valence electrons. The van der Waals surface area contributed by atoms with Gasteiger partial charge in [0.15, 0.2) is 0 Å². The highest BCUT2D eigenvalue weighted by atomic mass is 79.9. The quantitative estimate of drug-likeness (QED) is 0.402. The minimum Gasteiger partial charge on any atom is -0.307 e. The van der Waals surface area contributed by atoms with Gasteiger partial charge in [-0.25, -0.2) is 0 Å². The molecule has 0 saturated carbocycles. The summed E-state index contributed by atoms with van der Waals surface area (Å²) in [4.78, 5) is 0. The van der Waals surface area contributed by atoms with Crippen LogP contribution in [0.2, 0.25) is 4.55 Å². The van der Waals surface area contributed by atoms with Gasteiger partial charge in [0, 0.05) is 5.33 Å². The largest absolute Gasteiger partial charge is 0.468 e. The molecule has 0 N–H and O–H groups in total. The van der Waals surface area contributed by atoms with Crippen LogP contribution < -0.4 is 0 Å². The van der Waals surface area contributed by atoms with Crippen molar-refractivity contribution in [3.8, 4) is 0 Å². The van der Waals surface area contributed by atoms with E-state index in [4.69, 9.17) is 0 Å². The molecule has 0 saturated heterocycles. The summed E-state index contributed by atoms with van der Waals surface area (Å²) in [5.74, 6) is 0. The molecule has 0 amide bonds. The molecule has 0 unspecified atom stereocenters. The van der Waals surface area contributed by atoms with Crippen molar-refractivity contribution >= 4 is 47.0 Å². The third-order valence-electron chi connectivity index (χ3n) is 1.02. The minimum atomic E-state index is 0.183. The fraction of sp³-hybridized carbons (Fsp3) is 1.00. The number of halogens is 2. The van der Waals surface area contributed by atoms with Crippen LogP contribution in [0.25, 0.3) is 0 Å². The second kappa shape index (κ2) is 8.73. The van der Waals surface area contributed by atoms with Gasteiger partial charge in [-0.05, 0) is 6.42 Å². The number of unbranched alkanes of at least 4 members (excludes halogenated alkanes) is 2. The zero-order valence-electron chi connectivity index (χ0n) is 5.00. The first kappa shape index (κ1) is 9.73. The first-order valence-corrected chi connectivity index (χ1v) is 9.05. The predicted octanol–water partition coefficient (Wildman–Crippen LogP) is 2.98. The van der Waals surface area contributed by atoms with Crippen molar-refractivity contribution < 1.29 is 0 Å². The van der Waals surface area contributed by atoms with E-state index in [0.29, 0.717) is 0 Å². The Morgan fingerprint density at radius 1 is 1.12 bits per heavy atom. The molecule has 0 aliphatic carbocycles. The molecule has 0 nitrogen and oxygen atoms in total. The molecule has 0 bridgehead atoms. The zero-order chi connectivity index (χ0) is 6.24. The predicted molar refractivity (Wildman–Crippen MR) is 47.1 cm³/mol. The maximum atomic E-state index is 3.53. The average molecular weight is 254 g/mol. The molecule has 0 aromatic carbocycles. The fourth-order valence-electron chi connectivity index (χ4n) is 0.543. The molecule has 0 aliphatic heterocycles. The summed E-state index contributed by atoms with van der Waals surface area (Å²) in [5.41, 5.74) is 0. The normalized spacial score (nSPS) is 8.75. The number of rotatable bonds is 5. The highest BCUT2D eigenvalue weighted by molar-refractivity contribution is 9.23. The summed E-state index contributed by atoms with van der Waals surface area (Å²) in [7, 11) is 0. The van der Waals surface area contributed by atoms with Gasteiger partial charge in [0.05, 0.1) is 0 Å². The standard InChI is InChI=1S/C5H10Br.BrH.Mg/c1-2-3-4-5-6;;/h1-5H2;1H;/q;;+1/p-1. The lowest BCUT2D eigenvalue weighted by molar-refractivity contribution is 0.780. The Kier molecular flexibility index (Phi) is 10.6. The molecule has 0 heterocycles. The van der Waals surface area contributed by atoms with E-state index in [0.717, 1.165) is 0 Å². The van der Waals surface area contributed by atoms with E-state index in [-0.39, 0.29) is 18.2 Å². The van der Waals surface area contributed by atoms with Gasteiger partial charge in [-0.15, -0.1) is 4.55 Å². The van der Waals surface area contributed by atoms with Crippen LogP contribution in [-0.4, -0.2) is 23.5 Å². The van der Waals surface area contributed by atoms with Gasteiger partial charge in [0.2, 0.25) is 0 Å². The van der Waals surface area contributed by atoms with Crippen LogP contribution in [0.3, 0.4) is 0 Å². The van der Waals surface area contributed by atoms with Crippen molar-refractivity contribution in [2.45, 2.75) is 23.8 Å². The monoisotopic (exact) mass is 252 g/mol. The minimum absolute atomic E-state index is 0.183. The van der Waals surface area contributed by atoms with E-state index < -0.39 is 0 Å². The highest BCUT2D eigenvalue weighted by Crippen LogP contribution is 2.02. The molecule has 0 rings (SSSR count). The van der Waals surface area contributed by atoms with Gasteiger partial charge >= 0.3 is 18.2 Å². The van der Waals surface area contributed by atoms with Crippen molar-refractivity contribution in [1.29, 1.82) is 0 Å². The lowest BCUT2D eigenvalue weighted by Crippen LogP contribution is -1.79. The SMILES string of the molecule is BrCCCC[CH2][Mg][Br]. The van der Waals surface area contributed by atoms with Gasteiger partial charge in [-0.3, -0.25) is 0 Å². The molecule has 0 spiro atoms. The number of hydrogen-bond acceptors (Lipinski definition) is 0. The Hall–Kier alpha value is 1.73. The Balaban J connectivity index is 2.53. The summed E-state index contributed by atoms with van der Waals surface area (Å²) < 4.78 is 1.47. The van der Waals surface area contributed by atoms with E-state index in [2.05, 4.69) is 28.8 Å². The zero-order valence-corrected chi connectivity index (χ0v) is 9.58.